The zero-order valence-electron chi connectivity index (χ0n) is 40.2. The van der Waals surface area contributed by atoms with Crippen molar-refractivity contribution in [3.63, 3.8) is 0 Å². The van der Waals surface area contributed by atoms with Crippen molar-refractivity contribution >= 4 is 83.5 Å². The fourth-order valence-corrected chi connectivity index (χ4v) is 12.6. The summed E-state index contributed by atoms with van der Waals surface area (Å²) >= 11 is 7.50. The normalized spacial score (nSPS) is 14.3. The molecule has 0 unspecified atom stereocenters. The smallest absolute Gasteiger partial charge is 0.127 e. The van der Waals surface area contributed by atoms with E-state index in [1.54, 1.807) is 0 Å². The zero-order valence-corrected chi connectivity index (χ0v) is 43.5. The second-order valence-corrected chi connectivity index (χ2v) is 23.1. The van der Waals surface area contributed by atoms with Crippen LogP contribution in [0.1, 0.15) is 203 Å². The van der Waals surface area contributed by atoms with Gasteiger partial charge >= 0.3 is 0 Å². The molecule has 0 saturated heterocycles. The Hall–Kier alpha value is -2.90. The van der Waals surface area contributed by atoms with Gasteiger partial charge in [0.05, 0.1) is 13.2 Å². The van der Waals surface area contributed by atoms with E-state index in [0.29, 0.717) is 13.2 Å². The monoisotopic (exact) mass is 934 g/mol. The second-order valence-electron chi connectivity index (χ2n) is 17.5. The molecule has 0 fully saturated rings. The van der Waals surface area contributed by atoms with Gasteiger partial charge in [0, 0.05) is 19.6 Å². The lowest BCUT2D eigenvalue weighted by Crippen LogP contribution is -2.03. The molecule has 0 N–H and O–H groups in total. The van der Waals surface area contributed by atoms with Gasteiger partial charge in [-0.15, -0.1) is 0 Å². The average Bonchev–Trinajstić information content (AvgIpc) is 3.79. The molecule has 0 saturated carbocycles. The topological polar surface area (TPSA) is 18.5 Å². The maximum Gasteiger partial charge on any atom is 0.127 e. The molecule has 3 aromatic carbocycles. The first kappa shape index (κ1) is 52.1. The molecule has 346 valence electrons. The largest absolute Gasteiger partial charge is 0.493 e. The van der Waals surface area contributed by atoms with Crippen LogP contribution in [-0.4, -0.2) is 13.2 Å². The van der Waals surface area contributed by atoms with Gasteiger partial charge in [0.2, 0.25) is 0 Å². The van der Waals surface area contributed by atoms with Gasteiger partial charge in [0.25, 0.3) is 0 Å². The molecular weight excluding hydrogens is 857 g/mol. The van der Waals surface area contributed by atoms with Gasteiger partial charge in [0.15, 0.2) is 0 Å². The lowest BCUT2D eigenvalue weighted by Gasteiger charge is -2.16. The molecule has 0 spiro atoms. The Morgan fingerprint density at radius 1 is 0.359 bits per heavy atom. The van der Waals surface area contributed by atoms with Crippen LogP contribution < -0.4 is 9.47 Å². The van der Waals surface area contributed by atoms with E-state index in [4.69, 9.17) is 9.47 Å². The number of allylic oxidation sites excluding steroid dienone is 4. The minimum Gasteiger partial charge on any atom is -0.493 e. The number of hydrogen-bond acceptors (Lipinski definition) is 6. The lowest BCUT2D eigenvalue weighted by molar-refractivity contribution is 0.295. The van der Waals surface area contributed by atoms with Crippen LogP contribution in [0.15, 0.2) is 88.8 Å². The molecule has 2 aliphatic heterocycles. The standard InChI is InChI=1S/C58H78O2S4/c1-7-9-11-13-15-17-19-21-23-25-39-59-55-43-54(38-36-50-29-33-52(34-30-50)42-58-63-47(5)48(6)64-58)56(60-40-26-24-22-20-18-16-14-12-10-8-2)44-53(55)37-35-49-27-31-51(32-28-49)41-57-61-45(3)46(4)62-57/h27-38,41-44H,7-26,39-40H2,1-6H3/b37-35+,38-36+. The summed E-state index contributed by atoms with van der Waals surface area (Å²) in [5.41, 5.74) is 6.92. The Labute approximate surface area is 407 Å². The van der Waals surface area contributed by atoms with Gasteiger partial charge in [-0.3, -0.25) is 0 Å². The first-order valence-electron chi connectivity index (χ1n) is 24.8. The predicted octanol–water partition coefficient (Wildman–Crippen LogP) is 20.7. The summed E-state index contributed by atoms with van der Waals surface area (Å²) in [5, 5.41) is 0. The highest BCUT2D eigenvalue weighted by Crippen LogP contribution is 2.50. The summed E-state index contributed by atoms with van der Waals surface area (Å²) < 4.78 is 16.1. The molecule has 0 aliphatic carbocycles. The van der Waals surface area contributed by atoms with Crippen LogP contribution in [0.2, 0.25) is 0 Å². The number of rotatable bonds is 30. The molecule has 2 aliphatic rings. The predicted molar refractivity (Wildman–Crippen MR) is 295 cm³/mol. The minimum atomic E-state index is 0.717. The van der Waals surface area contributed by atoms with Crippen LogP contribution in [0.4, 0.5) is 0 Å². The van der Waals surface area contributed by atoms with E-state index in [1.165, 1.54) is 166 Å². The highest BCUT2D eigenvalue weighted by atomic mass is 32.2. The summed E-state index contributed by atoms with van der Waals surface area (Å²) in [6, 6.07) is 22.2. The Kier molecular flexibility index (Phi) is 24.7. The molecule has 0 atom stereocenters. The van der Waals surface area contributed by atoms with E-state index in [-0.39, 0.29) is 0 Å². The highest BCUT2D eigenvalue weighted by molar-refractivity contribution is 8.29. The van der Waals surface area contributed by atoms with Crippen molar-refractivity contribution < 1.29 is 9.47 Å². The third-order valence-electron chi connectivity index (χ3n) is 12.0. The molecule has 3 aromatic rings. The molecule has 64 heavy (non-hydrogen) atoms. The molecule has 6 heteroatoms. The maximum absolute atomic E-state index is 6.69. The van der Waals surface area contributed by atoms with Gasteiger partial charge in [-0.25, -0.2) is 0 Å². The number of thioether (sulfide) groups is 4. The summed E-state index contributed by atoms with van der Waals surface area (Å²) in [7, 11) is 0. The molecule has 5 rings (SSSR count). The average molecular weight is 936 g/mol. The number of ether oxygens (including phenoxy) is 2. The van der Waals surface area contributed by atoms with Crippen molar-refractivity contribution in [2.75, 3.05) is 13.2 Å². The van der Waals surface area contributed by atoms with E-state index in [9.17, 15) is 0 Å². The molecule has 0 radical (unpaired) electrons. The number of hydrogen-bond donors (Lipinski definition) is 0. The van der Waals surface area contributed by atoms with E-state index in [0.717, 1.165) is 35.5 Å². The van der Waals surface area contributed by atoms with Crippen LogP contribution in [0, 0.1) is 0 Å². The zero-order chi connectivity index (χ0) is 45.2. The molecule has 2 nitrogen and oxygen atoms in total. The fourth-order valence-electron chi connectivity index (χ4n) is 7.75. The van der Waals surface area contributed by atoms with Crippen molar-refractivity contribution in [2.24, 2.45) is 0 Å². The highest BCUT2D eigenvalue weighted by Gasteiger charge is 2.15. The summed E-state index contributed by atoms with van der Waals surface area (Å²) in [5.74, 6) is 1.83. The van der Waals surface area contributed by atoms with Crippen molar-refractivity contribution in [2.45, 2.75) is 170 Å². The molecule has 0 amide bonds. The molecular formula is C58H78O2S4. The fraction of sp³-hybridized carbons (Fsp3) is 0.483. The summed E-state index contributed by atoms with van der Waals surface area (Å²) in [6.45, 7) is 14.9. The quantitative estimate of drug-likeness (QED) is 0.0486. The van der Waals surface area contributed by atoms with Gasteiger partial charge in [-0.1, -0.05) is 249 Å². The maximum atomic E-state index is 6.69. The number of unbranched alkanes of at least 4 members (excludes halogenated alkanes) is 18. The van der Waals surface area contributed by atoms with Crippen LogP contribution >= 0.6 is 47.0 Å². The minimum absolute atomic E-state index is 0.717. The van der Waals surface area contributed by atoms with Crippen LogP contribution in [0.5, 0.6) is 11.5 Å². The van der Waals surface area contributed by atoms with E-state index in [1.807, 2.05) is 47.0 Å². The van der Waals surface area contributed by atoms with E-state index >= 15 is 0 Å². The Bertz CT molecular complexity index is 1850. The third-order valence-corrected chi connectivity index (χ3v) is 17.0. The summed E-state index contributed by atoms with van der Waals surface area (Å²) in [4.78, 5) is 5.61. The van der Waals surface area contributed by atoms with Crippen LogP contribution in [0.3, 0.4) is 0 Å². The van der Waals surface area contributed by atoms with E-state index < -0.39 is 0 Å². The van der Waals surface area contributed by atoms with Gasteiger partial charge < -0.3 is 9.47 Å². The van der Waals surface area contributed by atoms with Crippen molar-refractivity contribution in [3.05, 3.63) is 122 Å². The molecule has 2 heterocycles. The van der Waals surface area contributed by atoms with Crippen molar-refractivity contribution in [1.29, 1.82) is 0 Å². The van der Waals surface area contributed by atoms with Crippen LogP contribution in [-0.2, 0) is 0 Å². The first-order chi connectivity index (χ1) is 31.3. The second kappa shape index (κ2) is 30.4. The molecule has 0 aromatic heterocycles. The van der Waals surface area contributed by atoms with Crippen LogP contribution in [0.25, 0.3) is 36.5 Å². The number of benzene rings is 3. The van der Waals surface area contributed by atoms with Crippen molar-refractivity contribution in [1.82, 2.24) is 0 Å². The Morgan fingerprint density at radius 3 is 0.953 bits per heavy atom. The summed E-state index contributed by atoms with van der Waals surface area (Å²) in [6.07, 6.45) is 39.7. The first-order valence-corrected chi connectivity index (χ1v) is 28.1. The van der Waals surface area contributed by atoms with Gasteiger partial charge in [0.1, 0.15) is 11.5 Å². The third kappa shape index (κ3) is 19.5. The van der Waals surface area contributed by atoms with Gasteiger partial charge in [-0.05, 0) is 107 Å². The Morgan fingerprint density at radius 2 is 0.641 bits per heavy atom. The SMILES string of the molecule is CCCCCCCCCCCCOc1cc(/C=C/c2ccc(C=C3SC(C)=C(C)S3)cc2)c(OCCCCCCCCCCCC)cc1/C=C/c1ccc(C=C2SC(C)=C(C)S2)cc1. The van der Waals surface area contributed by atoms with Crippen molar-refractivity contribution in [3.8, 4) is 11.5 Å². The van der Waals surface area contributed by atoms with Gasteiger partial charge in [-0.2, -0.15) is 0 Å². The van der Waals surface area contributed by atoms with E-state index in [2.05, 4.69) is 139 Å². The Balaban J connectivity index is 1.30. The lowest BCUT2D eigenvalue weighted by atomic mass is 10.0. The molecule has 0 bridgehead atoms.